The number of nitrogen functional groups attached to an aromatic ring is 1. The number of aromatic nitrogens is 1. The molecule has 2 heterocycles. The molecule has 0 radical (unpaired) electrons. The zero-order valence-corrected chi connectivity index (χ0v) is 12.6. The first-order chi connectivity index (χ1) is 10.2. The van der Waals surface area contributed by atoms with Crippen LogP contribution in [0.1, 0.15) is 28.9 Å². The van der Waals surface area contributed by atoms with Crippen molar-refractivity contribution in [2.45, 2.75) is 31.4 Å². The molecule has 0 bridgehead atoms. The third kappa shape index (κ3) is 3.63. The lowest BCUT2D eigenvalue weighted by Gasteiger charge is -2.25. The molecule has 1 aromatic rings. The first-order valence-corrected chi connectivity index (χ1v) is 8.04. The van der Waals surface area contributed by atoms with Crippen LogP contribution in [0.5, 0.6) is 0 Å². The second kappa shape index (κ2) is 6.59. The number of hydrogen-bond donors (Lipinski definition) is 3. The number of nitrogens with one attached hydrogen (secondary N) is 2. The Morgan fingerprint density at radius 3 is 2.95 bits per heavy atom. The van der Waals surface area contributed by atoms with E-state index in [2.05, 4.69) is 15.6 Å². The Balaban J connectivity index is 1.53. The molecule has 4 N–H and O–H groups in total. The van der Waals surface area contributed by atoms with Gasteiger partial charge in [0.25, 0.3) is 5.91 Å². The van der Waals surface area contributed by atoms with Gasteiger partial charge >= 0.3 is 0 Å². The molecule has 1 atom stereocenters. The van der Waals surface area contributed by atoms with Gasteiger partial charge in [0, 0.05) is 12.6 Å². The Morgan fingerprint density at radius 2 is 2.29 bits per heavy atom. The van der Waals surface area contributed by atoms with Crippen LogP contribution in [-0.2, 0) is 9.47 Å². The average Bonchev–Trinajstić information content (AvgIpc) is 2.82. The van der Waals surface area contributed by atoms with Crippen molar-refractivity contribution in [3.05, 3.63) is 4.88 Å². The van der Waals surface area contributed by atoms with Gasteiger partial charge in [-0.25, -0.2) is 4.98 Å². The molecule has 1 unspecified atom stereocenters. The van der Waals surface area contributed by atoms with E-state index in [0.717, 1.165) is 18.0 Å². The molecular weight excluding hydrogens is 292 g/mol. The van der Waals surface area contributed by atoms with Crippen molar-refractivity contribution in [2.75, 3.05) is 37.4 Å². The Hall–Kier alpha value is -1.38. The number of anilines is 2. The molecule has 1 saturated carbocycles. The van der Waals surface area contributed by atoms with Crippen molar-refractivity contribution in [2.24, 2.45) is 0 Å². The molecule has 116 valence electrons. The Bertz CT molecular complexity index is 498. The molecule has 3 rings (SSSR count). The van der Waals surface area contributed by atoms with Crippen LogP contribution >= 0.6 is 11.3 Å². The second-order valence-corrected chi connectivity index (χ2v) is 6.28. The van der Waals surface area contributed by atoms with Crippen molar-refractivity contribution >= 4 is 28.2 Å². The van der Waals surface area contributed by atoms with Gasteiger partial charge in [0.15, 0.2) is 5.13 Å². The van der Waals surface area contributed by atoms with E-state index in [1.165, 1.54) is 17.8 Å². The highest BCUT2D eigenvalue weighted by Crippen LogP contribution is 2.29. The summed E-state index contributed by atoms with van der Waals surface area (Å²) in [5.74, 6) is 0.0703. The highest BCUT2D eigenvalue weighted by Gasteiger charge is 2.22. The van der Waals surface area contributed by atoms with E-state index in [0.29, 0.717) is 37.3 Å². The minimum absolute atomic E-state index is 0.0931. The summed E-state index contributed by atoms with van der Waals surface area (Å²) in [6.07, 6.45) is 3.46. The van der Waals surface area contributed by atoms with Crippen LogP contribution in [0.2, 0.25) is 0 Å². The van der Waals surface area contributed by atoms with E-state index in [1.54, 1.807) is 0 Å². The second-order valence-electron chi connectivity index (χ2n) is 5.28. The van der Waals surface area contributed by atoms with Gasteiger partial charge in [-0.05, 0) is 19.3 Å². The molecule has 0 aromatic carbocycles. The number of carbonyl (C=O) groups is 1. The first kappa shape index (κ1) is 14.6. The van der Waals surface area contributed by atoms with E-state index in [1.807, 2.05) is 0 Å². The molecule has 1 aromatic heterocycles. The van der Waals surface area contributed by atoms with Gasteiger partial charge in [-0.3, -0.25) is 4.79 Å². The fourth-order valence-electron chi connectivity index (χ4n) is 2.22. The van der Waals surface area contributed by atoms with Crippen molar-refractivity contribution in [3.8, 4) is 0 Å². The number of thiazole rings is 1. The maximum absolute atomic E-state index is 12.1. The first-order valence-electron chi connectivity index (χ1n) is 7.23. The maximum atomic E-state index is 12.1. The summed E-state index contributed by atoms with van der Waals surface area (Å²) >= 11 is 1.30. The molecule has 1 aliphatic carbocycles. The third-order valence-corrected chi connectivity index (χ3v) is 4.67. The van der Waals surface area contributed by atoms with Gasteiger partial charge < -0.3 is 25.8 Å². The van der Waals surface area contributed by atoms with Gasteiger partial charge in [-0.1, -0.05) is 11.3 Å². The monoisotopic (exact) mass is 312 g/mol. The van der Waals surface area contributed by atoms with Crippen molar-refractivity contribution < 1.29 is 14.3 Å². The highest BCUT2D eigenvalue weighted by molar-refractivity contribution is 7.18. The lowest BCUT2D eigenvalue weighted by molar-refractivity contribution is -0.0855. The topological polar surface area (TPSA) is 98.5 Å². The Morgan fingerprint density at radius 1 is 1.43 bits per heavy atom. The van der Waals surface area contributed by atoms with Crippen molar-refractivity contribution in [1.82, 2.24) is 10.3 Å². The molecule has 0 spiro atoms. The largest absolute Gasteiger partial charge is 0.382 e. The zero-order chi connectivity index (χ0) is 14.7. The summed E-state index contributed by atoms with van der Waals surface area (Å²) in [5, 5.41) is 6.85. The summed E-state index contributed by atoms with van der Waals surface area (Å²) in [6, 6.07) is 0.472. The zero-order valence-electron chi connectivity index (χ0n) is 11.8. The average molecular weight is 312 g/mol. The lowest BCUT2D eigenvalue weighted by Crippen LogP contribution is -2.39. The van der Waals surface area contributed by atoms with Gasteiger partial charge in [0.1, 0.15) is 10.7 Å². The summed E-state index contributed by atoms with van der Waals surface area (Å²) < 4.78 is 10.8. The molecule has 21 heavy (non-hydrogen) atoms. The SMILES string of the molecule is Nc1nc(NC2CCC2)sc1C(=O)NCC1COCCO1. The number of carbonyl (C=O) groups excluding carboxylic acids is 1. The summed E-state index contributed by atoms with van der Waals surface area (Å²) in [4.78, 5) is 16.8. The predicted molar refractivity (Wildman–Crippen MR) is 80.7 cm³/mol. The van der Waals surface area contributed by atoms with Crippen molar-refractivity contribution in [3.63, 3.8) is 0 Å². The summed E-state index contributed by atoms with van der Waals surface area (Å²) in [6.45, 7) is 2.11. The number of hydrogen-bond acceptors (Lipinski definition) is 7. The normalized spacial score (nSPS) is 22.6. The number of nitrogens with two attached hydrogens (primary N) is 1. The van der Waals surface area contributed by atoms with E-state index in [9.17, 15) is 4.79 Å². The lowest BCUT2D eigenvalue weighted by atomic mass is 9.93. The fraction of sp³-hybridized carbons (Fsp3) is 0.692. The number of nitrogens with zero attached hydrogens (tertiary/aromatic N) is 1. The fourth-order valence-corrected chi connectivity index (χ4v) is 3.10. The van der Waals surface area contributed by atoms with Crippen LogP contribution in [0.15, 0.2) is 0 Å². The standard InChI is InChI=1S/C13H20N4O3S/c14-11-10(21-13(17-11)16-8-2-1-3-8)12(18)15-6-9-7-19-4-5-20-9/h8-9H,1-7,14H2,(H,15,18)(H,16,17). The van der Waals surface area contributed by atoms with Crippen LogP contribution in [0, 0.1) is 0 Å². The minimum Gasteiger partial charge on any atom is -0.382 e. The number of rotatable bonds is 5. The van der Waals surface area contributed by atoms with E-state index < -0.39 is 0 Å². The molecule has 7 nitrogen and oxygen atoms in total. The number of amides is 1. The third-order valence-electron chi connectivity index (χ3n) is 3.67. The molecule has 1 saturated heterocycles. The van der Waals surface area contributed by atoms with Crippen LogP contribution in [-0.4, -0.2) is 49.4 Å². The maximum Gasteiger partial charge on any atom is 0.265 e. The van der Waals surface area contributed by atoms with Gasteiger partial charge in [-0.15, -0.1) is 0 Å². The molecule has 2 fully saturated rings. The Labute approximate surface area is 127 Å². The molecular formula is C13H20N4O3S. The van der Waals surface area contributed by atoms with Crippen LogP contribution in [0.4, 0.5) is 10.9 Å². The van der Waals surface area contributed by atoms with Gasteiger partial charge in [-0.2, -0.15) is 0 Å². The molecule has 8 heteroatoms. The van der Waals surface area contributed by atoms with Crippen LogP contribution in [0.25, 0.3) is 0 Å². The van der Waals surface area contributed by atoms with E-state index >= 15 is 0 Å². The summed E-state index contributed by atoms with van der Waals surface area (Å²) in [7, 11) is 0. The van der Waals surface area contributed by atoms with Gasteiger partial charge in [0.2, 0.25) is 0 Å². The van der Waals surface area contributed by atoms with Crippen molar-refractivity contribution in [1.29, 1.82) is 0 Å². The minimum atomic E-state index is -0.208. The highest BCUT2D eigenvalue weighted by atomic mass is 32.1. The van der Waals surface area contributed by atoms with Crippen LogP contribution < -0.4 is 16.4 Å². The quantitative estimate of drug-likeness (QED) is 0.745. The number of ether oxygens (including phenoxy) is 2. The summed E-state index contributed by atoms with van der Waals surface area (Å²) in [5.41, 5.74) is 5.83. The molecule has 2 aliphatic rings. The van der Waals surface area contributed by atoms with E-state index in [4.69, 9.17) is 15.2 Å². The van der Waals surface area contributed by atoms with Crippen LogP contribution in [0.3, 0.4) is 0 Å². The predicted octanol–water partition coefficient (Wildman–Crippen LogP) is 0.835. The molecule has 1 amide bonds. The Kier molecular flexibility index (Phi) is 4.57. The van der Waals surface area contributed by atoms with Gasteiger partial charge in [0.05, 0.1) is 25.9 Å². The molecule has 1 aliphatic heterocycles. The smallest absolute Gasteiger partial charge is 0.265 e. The van der Waals surface area contributed by atoms with E-state index in [-0.39, 0.29) is 17.8 Å².